The first-order valence-corrected chi connectivity index (χ1v) is 10.0. The van der Waals surface area contributed by atoms with Crippen molar-refractivity contribution in [2.45, 2.75) is 12.3 Å². The maximum Gasteiger partial charge on any atom is 0.236 e. The smallest absolute Gasteiger partial charge is 0.236 e. The van der Waals surface area contributed by atoms with Crippen LogP contribution in [0.1, 0.15) is 18.0 Å². The molecule has 5 rings (SSSR count). The van der Waals surface area contributed by atoms with Gasteiger partial charge in [0.15, 0.2) is 17.3 Å². The number of hydrogen-bond acceptors (Lipinski definition) is 5. The minimum absolute atomic E-state index is 0.0111. The van der Waals surface area contributed by atoms with Crippen LogP contribution in [0, 0.1) is 0 Å². The molecule has 4 aromatic rings. The third-order valence-electron chi connectivity index (χ3n) is 5.50. The monoisotopic (exact) mass is 412 g/mol. The lowest BCUT2D eigenvalue weighted by Gasteiger charge is -2.16. The Labute approximate surface area is 178 Å². The average molecular weight is 412 g/mol. The summed E-state index contributed by atoms with van der Waals surface area (Å²) in [5.74, 6) is -0.175. The zero-order valence-corrected chi connectivity index (χ0v) is 16.6. The predicted octanol–water partition coefficient (Wildman–Crippen LogP) is 3.87. The number of para-hydroxylation sites is 1. The highest BCUT2D eigenvalue weighted by Gasteiger charge is 2.36. The van der Waals surface area contributed by atoms with Gasteiger partial charge in [0, 0.05) is 24.0 Å². The van der Waals surface area contributed by atoms with E-state index in [9.17, 15) is 15.0 Å². The van der Waals surface area contributed by atoms with E-state index in [0.29, 0.717) is 35.7 Å². The van der Waals surface area contributed by atoms with Gasteiger partial charge in [0.1, 0.15) is 0 Å². The Balaban J connectivity index is 1.57. The van der Waals surface area contributed by atoms with Crippen LogP contribution in [0.15, 0.2) is 79.0 Å². The van der Waals surface area contributed by atoms with Gasteiger partial charge >= 0.3 is 0 Å². The molecular formula is C24H20N4O3. The zero-order chi connectivity index (χ0) is 21.4. The van der Waals surface area contributed by atoms with Gasteiger partial charge in [-0.1, -0.05) is 24.3 Å². The van der Waals surface area contributed by atoms with E-state index in [1.807, 2.05) is 54.6 Å². The third-order valence-corrected chi connectivity index (χ3v) is 5.50. The van der Waals surface area contributed by atoms with E-state index in [-0.39, 0.29) is 23.3 Å². The van der Waals surface area contributed by atoms with Gasteiger partial charge in [0.2, 0.25) is 5.91 Å². The van der Waals surface area contributed by atoms with Gasteiger partial charge in [-0.05, 0) is 55.0 Å². The predicted molar refractivity (Wildman–Crippen MR) is 116 cm³/mol. The SMILES string of the molecule is O=C1C(c2cc(-c3ccc(O)c(O)c3)n(-c3ccccn3)n2)CCN1c1ccccc1. The van der Waals surface area contributed by atoms with E-state index in [0.717, 1.165) is 5.69 Å². The van der Waals surface area contributed by atoms with Crippen LogP contribution in [0.3, 0.4) is 0 Å². The Kier molecular flexibility index (Phi) is 4.63. The number of aromatic nitrogens is 3. The summed E-state index contributed by atoms with van der Waals surface area (Å²) < 4.78 is 1.67. The molecular weight excluding hydrogens is 392 g/mol. The van der Waals surface area contributed by atoms with Gasteiger partial charge in [0.25, 0.3) is 0 Å². The van der Waals surface area contributed by atoms with Crippen molar-refractivity contribution in [3.8, 4) is 28.6 Å². The van der Waals surface area contributed by atoms with Crippen molar-refractivity contribution >= 4 is 11.6 Å². The van der Waals surface area contributed by atoms with Crippen LogP contribution in [-0.2, 0) is 4.79 Å². The molecule has 31 heavy (non-hydrogen) atoms. The Morgan fingerprint density at radius 2 is 1.71 bits per heavy atom. The number of carbonyl (C=O) groups excluding carboxylic acids is 1. The normalized spacial score (nSPS) is 16.1. The van der Waals surface area contributed by atoms with Crippen LogP contribution in [0.25, 0.3) is 17.1 Å². The van der Waals surface area contributed by atoms with Crippen LogP contribution >= 0.6 is 0 Å². The molecule has 0 aliphatic carbocycles. The molecule has 1 saturated heterocycles. The van der Waals surface area contributed by atoms with Gasteiger partial charge in [-0.3, -0.25) is 4.79 Å². The molecule has 0 spiro atoms. The van der Waals surface area contributed by atoms with E-state index in [2.05, 4.69) is 4.98 Å². The number of nitrogens with zero attached hydrogens (tertiary/aromatic N) is 4. The first kappa shape index (κ1) is 18.9. The second kappa shape index (κ2) is 7.60. The summed E-state index contributed by atoms with van der Waals surface area (Å²) in [6, 6.07) is 21.6. The molecule has 1 fully saturated rings. The average Bonchev–Trinajstić information content (AvgIpc) is 3.41. The summed E-state index contributed by atoms with van der Waals surface area (Å²) in [5, 5.41) is 24.4. The number of anilines is 1. The molecule has 1 aliphatic heterocycles. The van der Waals surface area contributed by atoms with E-state index >= 15 is 0 Å². The molecule has 2 aromatic heterocycles. The van der Waals surface area contributed by atoms with Crippen molar-refractivity contribution in [3.05, 3.63) is 84.7 Å². The largest absolute Gasteiger partial charge is 0.504 e. The fraction of sp³-hybridized carbons (Fsp3) is 0.125. The van der Waals surface area contributed by atoms with Crippen molar-refractivity contribution in [1.29, 1.82) is 0 Å². The van der Waals surface area contributed by atoms with E-state index in [1.54, 1.807) is 21.8 Å². The zero-order valence-electron chi connectivity index (χ0n) is 16.6. The van der Waals surface area contributed by atoms with Crippen LogP contribution in [0.4, 0.5) is 5.69 Å². The molecule has 1 unspecified atom stereocenters. The highest BCUT2D eigenvalue weighted by Crippen LogP contribution is 2.36. The topological polar surface area (TPSA) is 91.5 Å². The number of benzene rings is 2. The number of phenols is 2. The summed E-state index contributed by atoms with van der Waals surface area (Å²) >= 11 is 0. The van der Waals surface area contributed by atoms with Crippen LogP contribution < -0.4 is 4.90 Å². The lowest BCUT2D eigenvalue weighted by atomic mass is 10.0. The lowest BCUT2D eigenvalue weighted by molar-refractivity contribution is -0.118. The second-order valence-electron chi connectivity index (χ2n) is 7.42. The minimum Gasteiger partial charge on any atom is -0.504 e. The van der Waals surface area contributed by atoms with Crippen molar-refractivity contribution in [2.75, 3.05) is 11.4 Å². The Morgan fingerprint density at radius 1 is 0.903 bits per heavy atom. The molecule has 154 valence electrons. The lowest BCUT2D eigenvalue weighted by Crippen LogP contribution is -2.26. The van der Waals surface area contributed by atoms with Crippen LogP contribution in [-0.4, -0.2) is 37.4 Å². The summed E-state index contributed by atoms with van der Waals surface area (Å²) in [6.07, 6.45) is 2.33. The number of rotatable bonds is 4. The number of aromatic hydroxyl groups is 2. The van der Waals surface area contributed by atoms with Gasteiger partial charge in [-0.25, -0.2) is 9.67 Å². The molecule has 2 N–H and O–H groups in total. The Morgan fingerprint density at radius 3 is 2.45 bits per heavy atom. The first-order valence-electron chi connectivity index (χ1n) is 10.0. The van der Waals surface area contributed by atoms with Crippen molar-refractivity contribution in [1.82, 2.24) is 14.8 Å². The molecule has 7 heteroatoms. The molecule has 1 aliphatic rings. The quantitative estimate of drug-likeness (QED) is 0.497. The fourth-order valence-corrected chi connectivity index (χ4v) is 3.93. The maximum atomic E-state index is 13.2. The Hall–Kier alpha value is -4.13. The summed E-state index contributed by atoms with van der Waals surface area (Å²) in [4.78, 5) is 19.4. The second-order valence-corrected chi connectivity index (χ2v) is 7.42. The van der Waals surface area contributed by atoms with Crippen molar-refractivity contribution < 1.29 is 15.0 Å². The third kappa shape index (κ3) is 3.40. The van der Waals surface area contributed by atoms with E-state index in [1.165, 1.54) is 12.1 Å². The first-order chi connectivity index (χ1) is 15.1. The molecule has 0 radical (unpaired) electrons. The van der Waals surface area contributed by atoms with E-state index < -0.39 is 0 Å². The number of phenolic OH excluding ortho intramolecular Hbond substituents is 2. The number of carbonyl (C=O) groups is 1. The molecule has 2 aromatic carbocycles. The molecule has 1 amide bonds. The van der Waals surface area contributed by atoms with Crippen LogP contribution in [0.2, 0.25) is 0 Å². The van der Waals surface area contributed by atoms with Crippen molar-refractivity contribution in [3.63, 3.8) is 0 Å². The summed E-state index contributed by atoms with van der Waals surface area (Å²) in [5.41, 5.74) is 2.86. The minimum atomic E-state index is -0.366. The number of amides is 1. The van der Waals surface area contributed by atoms with Gasteiger partial charge in [0.05, 0.1) is 17.3 Å². The highest BCUT2D eigenvalue weighted by atomic mass is 16.3. The standard InChI is InChI=1S/C24H20N4O3/c29-21-10-9-16(14-22(21)30)20-15-19(26-28(20)23-8-4-5-12-25-23)18-11-13-27(24(18)31)17-6-2-1-3-7-17/h1-10,12,14-15,18,29-30H,11,13H2. The molecule has 1 atom stereocenters. The van der Waals surface area contributed by atoms with Crippen LogP contribution in [0.5, 0.6) is 11.5 Å². The van der Waals surface area contributed by atoms with E-state index in [4.69, 9.17) is 5.10 Å². The Bertz CT molecular complexity index is 1240. The fourth-order valence-electron chi connectivity index (χ4n) is 3.93. The highest BCUT2D eigenvalue weighted by molar-refractivity contribution is 6.00. The van der Waals surface area contributed by atoms with Crippen molar-refractivity contribution in [2.24, 2.45) is 0 Å². The number of pyridine rings is 1. The molecule has 7 nitrogen and oxygen atoms in total. The van der Waals surface area contributed by atoms with Gasteiger partial charge < -0.3 is 15.1 Å². The van der Waals surface area contributed by atoms with Gasteiger partial charge in [-0.15, -0.1) is 0 Å². The molecule has 0 bridgehead atoms. The summed E-state index contributed by atoms with van der Waals surface area (Å²) in [6.45, 7) is 0.624. The molecule has 0 saturated carbocycles. The number of hydrogen-bond donors (Lipinski definition) is 2. The molecule has 3 heterocycles. The summed E-state index contributed by atoms with van der Waals surface area (Å²) in [7, 11) is 0. The van der Waals surface area contributed by atoms with Gasteiger partial charge in [-0.2, -0.15) is 5.10 Å². The maximum absolute atomic E-state index is 13.2.